The van der Waals surface area contributed by atoms with E-state index in [2.05, 4.69) is 0 Å². The minimum Gasteiger partial charge on any atom is -0.497 e. The molecule has 5 aromatic rings. The van der Waals surface area contributed by atoms with E-state index < -0.39 is 72.8 Å². The van der Waals surface area contributed by atoms with E-state index in [0.717, 1.165) is 27.8 Å². The molecule has 352 valence electrons. The molecule has 5 aromatic carbocycles. The van der Waals surface area contributed by atoms with Crippen molar-refractivity contribution in [3.8, 4) is 5.75 Å². The number of aliphatic hydroxyl groups is 2. The number of hydrogen-bond acceptors (Lipinski definition) is 13. The van der Waals surface area contributed by atoms with Crippen LogP contribution in [0.5, 0.6) is 5.75 Å². The Bertz CT molecular complexity index is 2150. The molecule has 66 heavy (non-hydrogen) atoms. The van der Waals surface area contributed by atoms with Gasteiger partial charge in [-0.2, -0.15) is 0 Å². The van der Waals surface area contributed by atoms with Crippen molar-refractivity contribution in [2.24, 2.45) is 5.41 Å². The number of esters is 1. The summed E-state index contributed by atoms with van der Waals surface area (Å²) in [5, 5.41) is 23.9. The molecule has 0 amide bonds. The number of benzene rings is 5. The summed E-state index contributed by atoms with van der Waals surface area (Å²) in [5.74, 6) is 0.111. The van der Waals surface area contributed by atoms with Gasteiger partial charge >= 0.3 is 5.97 Å². The zero-order valence-electron chi connectivity index (χ0n) is 38.0. The average molecular weight is 907 g/mol. The molecule has 0 unspecified atom stereocenters. The summed E-state index contributed by atoms with van der Waals surface area (Å²) in [5.41, 5.74) is 3.46. The third kappa shape index (κ3) is 13.8. The molecule has 2 aliphatic rings. The van der Waals surface area contributed by atoms with E-state index in [1.54, 1.807) is 27.9 Å². The van der Waals surface area contributed by atoms with E-state index in [9.17, 15) is 15.0 Å². The quantitative estimate of drug-likeness (QED) is 0.0709. The Hall–Kier alpha value is -5.03. The molecule has 0 spiro atoms. The van der Waals surface area contributed by atoms with Gasteiger partial charge in [0.15, 0.2) is 18.7 Å². The molecule has 0 saturated carbocycles. The van der Waals surface area contributed by atoms with Gasteiger partial charge in [0.05, 0.1) is 58.8 Å². The van der Waals surface area contributed by atoms with Crippen LogP contribution in [0.3, 0.4) is 0 Å². The molecule has 13 heteroatoms. The molecular weight excluding hydrogens is 845 g/mol. The largest absolute Gasteiger partial charge is 0.497 e. The van der Waals surface area contributed by atoms with Crippen LogP contribution in [-0.4, -0.2) is 97.9 Å². The third-order valence-corrected chi connectivity index (χ3v) is 11.3. The number of ether oxygens (including phenoxy) is 10. The normalized spacial score (nSPS) is 25.5. The summed E-state index contributed by atoms with van der Waals surface area (Å²) in [6.45, 7) is 5.85. The fourth-order valence-corrected chi connectivity index (χ4v) is 7.65. The molecular formula is C53H62O13. The highest BCUT2D eigenvalue weighted by atomic mass is 16.7. The van der Waals surface area contributed by atoms with Gasteiger partial charge in [0, 0.05) is 0 Å². The summed E-state index contributed by atoms with van der Waals surface area (Å²) in [6.07, 6.45) is -11.8. The van der Waals surface area contributed by atoms with E-state index in [1.807, 2.05) is 146 Å². The van der Waals surface area contributed by atoms with E-state index in [1.165, 1.54) is 0 Å². The molecule has 0 bridgehead atoms. The van der Waals surface area contributed by atoms with Crippen LogP contribution < -0.4 is 4.74 Å². The molecule has 0 aromatic heterocycles. The highest BCUT2D eigenvalue weighted by molar-refractivity contribution is 5.75. The SMILES string of the molecule is COc1ccc(CO[C@H]2[C@@H](O)[C@@H](COCc3ccccc3)O[C@@H](O[C@H]3[C@H](OCc4ccccc4)[C@@H](OC(=O)C(C)(C)C)[C@H](O)O[C@@H]3COCc3ccccc3)[C@@H]2OCc2ccccc2)cc1. The first kappa shape index (κ1) is 48.9. The molecule has 2 aliphatic heterocycles. The standard InChI is InChI=1S/C53H62O13/c1-53(2,3)52(56)66-48-47(61-31-38-21-13-7-14-22-38)45(43(63-50(48)55)35-59-30-37-19-11-6-12-20-37)65-51-49(62-32-39-23-15-8-16-24-39)46(60-33-40-25-27-41(57-4)28-26-40)44(54)42(64-51)34-58-29-36-17-9-5-10-18-36/h5-28,42-51,54-55H,29-35H2,1-4H3/t42-,43-,44+,45-,46+,47+,48-,49-,50-,51+/m1/s1. The summed E-state index contributed by atoms with van der Waals surface area (Å²) >= 11 is 0. The fraction of sp³-hybridized carbons (Fsp3) is 0.415. The van der Waals surface area contributed by atoms with Gasteiger partial charge in [-0.25, -0.2) is 0 Å². The van der Waals surface area contributed by atoms with E-state index in [4.69, 9.17) is 47.4 Å². The van der Waals surface area contributed by atoms with Crippen molar-refractivity contribution in [1.82, 2.24) is 0 Å². The van der Waals surface area contributed by atoms with Crippen LogP contribution >= 0.6 is 0 Å². The van der Waals surface area contributed by atoms with Crippen molar-refractivity contribution in [3.63, 3.8) is 0 Å². The second-order valence-electron chi connectivity index (χ2n) is 17.5. The highest BCUT2D eigenvalue weighted by Gasteiger charge is 2.54. The molecule has 7 rings (SSSR count). The van der Waals surface area contributed by atoms with Crippen molar-refractivity contribution in [1.29, 1.82) is 0 Å². The van der Waals surface area contributed by atoms with Gasteiger partial charge in [0.1, 0.15) is 48.5 Å². The Kier molecular flexibility index (Phi) is 17.9. The maximum absolute atomic E-state index is 13.6. The van der Waals surface area contributed by atoms with E-state index >= 15 is 0 Å². The molecule has 13 nitrogen and oxygen atoms in total. The second kappa shape index (κ2) is 24.1. The summed E-state index contributed by atoms with van der Waals surface area (Å²) in [4.78, 5) is 13.6. The lowest BCUT2D eigenvalue weighted by molar-refractivity contribution is -0.369. The van der Waals surface area contributed by atoms with Gasteiger partial charge in [-0.3, -0.25) is 4.79 Å². The van der Waals surface area contributed by atoms with E-state index in [-0.39, 0.29) is 46.2 Å². The second-order valence-corrected chi connectivity index (χ2v) is 17.5. The van der Waals surface area contributed by atoms with Crippen LogP contribution in [0.1, 0.15) is 48.6 Å². The maximum Gasteiger partial charge on any atom is 0.311 e. The Morgan fingerprint density at radius 1 is 0.515 bits per heavy atom. The monoisotopic (exact) mass is 906 g/mol. The van der Waals surface area contributed by atoms with Crippen LogP contribution in [-0.2, 0) is 80.5 Å². The van der Waals surface area contributed by atoms with Crippen LogP contribution in [0.15, 0.2) is 146 Å². The predicted molar refractivity (Wildman–Crippen MR) is 244 cm³/mol. The number of carbonyl (C=O) groups excluding carboxylic acids is 1. The summed E-state index contributed by atoms with van der Waals surface area (Å²) in [7, 11) is 1.60. The van der Waals surface area contributed by atoms with Crippen LogP contribution in [0, 0.1) is 5.41 Å². The first-order chi connectivity index (χ1) is 32.1. The summed E-state index contributed by atoms with van der Waals surface area (Å²) in [6, 6.07) is 45.9. The first-order valence-electron chi connectivity index (χ1n) is 22.4. The predicted octanol–water partition coefficient (Wildman–Crippen LogP) is 7.33. The molecule has 2 fully saturated rings. The number of hydrogen-bond donors (Lipinski definition) is 2. The van der Waals surface area contributed by atoms with Gasteiger partial charge in [-0.1, -0.05) is 133 Å². The van der Waals surface area contributed by atoms with Gasteiger partial charge in [-0.15, -0.1) is 0 Å². The number of rotatable bonds is 21. The van der Waals surface area contributed by atoms with Crippen molar-refractivity contribution in [3.05, 3.63) is 173 Å². The lowest BCUT2D eigenvalue weighted by Gasteiger charge is -2.49. The Morgan fingerprint density at radius 2 is 0.955 bits per heavy atom. The van der Waals surface area contributed by atoms with Crippen LogP contribution in [0.25, 0.3) is 0 Å². The Balaban J connectivity index is 1.25. The molecule has 0 radical (unpaired) electrons. The topological polar surface area (TPSA) is 150 Å². The van der Waals surface area contributed by atoms with Crippen LogP contribution in [0.2, 0.25) is 0 Å². The molecule has 2 saturated heterocycles. The minimum atomic E-state index is -1.62. The molecule has 2 N–H and O–H groups in total. The zero-order valence-corrected chi connectivity index (χ0v) is 38.0. The third-order valence-electron chi connectivity index (χ3n) is 11.3. The minimum absolute atomic E-state index is 0.0347. The van der Waals surface area contributed by atoms with Crippen LogP contribution in [0.4, 0.5) is 0 Å². The van der Waals surface area contributed by atoms with Gasteiger partial charge in [0.2, 0.25) is 0 Å². The lowest BCUT2D eigenvalue weighted by Crippen LogP contribution is -2.66. The zero-order chi connectivity index (χ0) is 46.3. The first-order valence-corrected chi connectivity index (χ1v) is 22.4. The van der Waals surface area contributed by atoms with Crippen molar-refractivity contribution < 1.29 is 62.4 Å². The van der Waals surface area contributed by atoms with Crippen molar-refractivity contribution >= 4 is 5.97 Å². The Labute approximate surface area is 387 Å². The van der Waals surface area contributed by atoms with Crippen molar-refractivity contribution in [2.45, 2.75) is 115 Å². The number of methoxy groups -OCH3 is 1. The molecule has 10 atom stereocenters. The highest BCUT2D eigenvalue weighted by Crippen LogP contribution is 2.36. The fourth-order valence-electron chi connectivity index (χ4n) is 7.65. The number of aliphatic hydroxyl groups excluding tert-OH is 2. The average Bonchev–Trinajstić information content (AvgIpc) is 3.33. The van der Waals surface area contributed by atoms with Gasteiger partial charge in [-0.05, 0) is 60.7 Å². The summed E-state index contributed by atoms with van der Waals surface area (Å²) < 4.78 is 64.1. The molecule has 2 heterocycles. The van der Waals surface area contributed by atoms with E-state index in [0.29, 0.717) is 5.75 Å². The molecule has 0 aliphatic carbocycles. The van der Waals surface area contributed by atoms with Crippen molar-refractivity contribution in [2.75, 3.05) is 20.3 Å². The smallest absolute Gasteiger partial charge is 0.311 e. The number of carbonyl (C=O) groups is 1. The van der Waals surface area contributed by atoms with Gasteiger partial charge in [0.25, 0.3) is 0 Å². The lowest BCUT2D eigenvalue weighted by atomic mass is 9.94. The maximum atomic E-state index is 13.6. The van der Waals surface area contributed by atoms with Gasteiger partial charge < -0.3 is 57.6 Å². The Morgan fingerprint density at radius 3 is 1.44 bits per heavy atom.